The standard InChI is InChI=1S/C12H18N4O2/c13-9-4-3-5-10(8-9)16-12(18)15-7-2-1-6-11(14)17/h3-5,8H,1-2,6-7,13H2,(H2,14,17)(H2,15,16,18). The van der Waals surface area contributed by atoms with Crippen LogP contribution in [-0.4, -0.2) is 18.5 Å². The first-order valence-corrected chi connectivity index (χ1v) is 5.76. The second-order valence-corrected chi connectivity index (χ2v) is 3.93. The molecule has 0 bridgehead atoms. The summed E-state index contributed by atoms with van der Waals surface area (Å²) in [6.07, 6.45) is 1.74. The van der Waals surface area contributed by atoms with Crippen LogP contribution in [0, 0.1) is 0 Å². The number of carbonyl (C=O) groups excluding carboxylic acids is 2. The molecule has 1 rings (SSSR count). The maximum Gasteiger partial charge on any atom is 0.319 e. The molecule has 0 fully saturated rings. The van der Waals surface area contributed by atoms with Crippen LogP contribution in [0.4, 0.5) is 16.2 Å². The van der Waals surface area contributed by atoms with Crippen molar-refractivity contribution in [2.24, 2.45) is 5.73 Å². The maximum absolute atomic E-state index is 11.5. The highest BCUT2D eigenvalue weighted by molar-refractivity contribution is 5.89. The molecule has 6 nitrogen and oxygen atoms in total. The van der Waals surface area contributed by atoms with Crippen molar-refractivity contribution in [1.82, 2.24) is 5.32 Å². The highest BCUT2D eigenvalue weighted by Crippen LogP contribution is 2.11. The van der Waals surface area contributed by atoms with E-state index in [2.05, 4.69) is 10.6 Å². The third kappa shape index (κ3) is 5.74. The summed E-state index contributed by atoms with van der Waals surface area (Å²) in [6, 6.07) is 6.64. The molecule has 0 aliphatic carbocycles. The minimum Gasteiger partial charge on any atom is -0.399 e. The van der Waals surface area contributed by atoms with Crippen molar-refractivity contribution in [2.45, 2.75) is 19.3 Å². The lowest BCUT2D eigenvalue weighted by Gasteiger charge is -2.07. The van der Waals surface area contributed by atoms with Gasteiger partial charge < -0.3 is 22.1 Å². The van der Waals surface area contributed by atoms with Crippen molar-refractivity contribution in [3.8, 4) is 0 Å². The Kier molecular flexibility index (Phi) is 5.50. The number of primary amides is 1. The van der Waals surface area contributed by atoms with E-state index in [0.29, 0.717) is 37.2 Å². The van der Waals surface area contributed by atoms with Crippen molar-refractivity contribution in [1.29, 1.82) is 0 Å². The fourth-order valence-electron chi connectivity index (χ4n) is 1.42. The molecule has 0 heterocycles. The topological polar surface area (TPSA) is 110 Å². The number of hydrogen-bond donors (Lipinski definition) is 4. The summed E-state index contributed by atoms with van der Waals surface area (Å²) in [4.78, 5) is 21.9. The van der Waals surface area contributed by atoms with Gasteiger partial charge in [-0.25, -0.2) is 4.79 Å². The van der Waals surface area contributed by atoms with E-state index in [1.165, 1.54) is 0 Å². The summed E-state index contributed by atoms with van der Waals surface area (Å²) in [5, 5.41) is 5.34. The molecule has 0 saturated heterocycles. The summed E-state index contributed by atoms with van der Waals surface area (Å²) in [5.74, 6) is -0.320. The third-order valence-electron chi connectivity index (χ3n) is 2.28. The number of amides is 3. The van der Waals surface area contributed by atoms with Gasteiger partial charge in [0.15, 0.2) is 0 Å². The molecule has 0 atom stereocenters. The van der Waals surface area contributed by atoms with Gasteiger partial charge >= 0.3 is 6.03 Å². The molecule has 0 spiro atoms. The van der Waals surface area contributed by atoms with Crippen LogP contribution < -0.4 is 22.1 Å². The van der Waals surface area contributed by atoms with Crippen molar-refractivity contribution in [3.63, 3.8) is 0 Å². The SMILES string of the molecule is NC(=O)CCCCNC(=O)Nc1cccc(N)c1. The predicted octanol–water partition coefficient (Wildman–Crippen LogP) is 1.05. The predicted molar refractivity (Wildman–Crippen MR) is 70.9 cm³/mol. The Hall–Kier alpha value is -2.24. The van der Waals surface area contributed by atoms with Crippen molar-refractivity contribution < 1.29 is 9.59 Å². The molecule has 6 N–H and O–H groups in total. The Balaban J connectivity index is 2.20. The Morgan fingerprint density at radius 1 is 1.22 bits per heavy atom. The molecule has 18 heavy (non-hydrogen) atoms. The normalized spacial score (nSPS) is 9.78. The van der Waals surface area contributed by atoms with E-state index in [4.69, 9.17) is 11.5 Å². The van der Waals surface area contributed by atoms with Gasteiger partial charge in [-0.15, -0.1) is 0 Å². The van der Waals surface area contributed by atoms with E-state index in [9.17, 15) is 9.59 Å². The van der Waals surface area contributed by atoms with Crippen LogP contribution in [0.15, 0.2) is 24.3 Å². The maximum atomic E-state index is 11.5. The number of rotatable bonds is 6. The van der Waals surface area contributed by atoms with Crippen LogP contribution in [0.1, 0.15) is 19.3 Å². The number of carbonyl (C=O) groups is 2. The van der Waals surface area contributed by atoms with Crippen LogP contribution in [0.5, 0.6) is 0 Å². The van der Waals surface area contributed by atoms with Crippen LogP contribution in [0.3, 0.4) is 0 Å². The van der Waals surface area contributed by atoms with E-state index >= 15 is 0 Å². The minimum atomic E-state index is -0.320. The zero-order valence-electron chi connectivity index (χ0n) is 10.1. The largest absolute Gasteiger partial charge is 0.399 e. The highest BCUT2D eigenvalue weighted by atomic mass is 16.2. The molecule has 0 unspecified atom stereocenters. The number of anilines is 2. The van der Waals surface area contributed by atoms with Gasteiger partial charge in [-0.05, 0) is 31.0 Å². The number of urea groups is 1. The molecule has 0 aliphatic rings. The fourth-order valence-corrected chi connectivity index (χ4v) is 1.42. The van der Waals surface area contributed by atoms with Gasteiger partial charge in [0.05, 0.1) is 0 Å². The molecule has 98 valence electrons. The number of nitrogen functional groups attached to an aromatic ring is 1. The van der Waals surface area contributed by atoms with E-state index in [0.717, 1.165) is 0 Å². The first kappa shape index (κ1) is 13.8. The Bertz CT molecular complexity index is 420. The summed E-state index contributed by atoms with van der Waals surface area (Å²) < 4.78 is 0. The minimum absolute atomic E-state index is 0.292. The van der Waals surface area contributed by atoms with E-state index in [1.54, 1.807) is 24.3 Å². The summed E-state index contributed by atoms with van der Waals surface area (Å²) in [7, 11) is 0. The second kappa shape index (κ2) is 7.16. The smallest absolute Gasteiger partial charge is 0.319 e. The second-order valence-electron chi connectivity index (χ2n) is 3.93. The summed E-state index contributed by atoms with van der Waals surface area (Å²) >= 11 is 0. The average Bonchev–Trinajstić information content (AvgIpc) is 2.28. The fraction of sp³-hybridized carbons (Fsp3) is 0.333. The van der Waals surface area contributed by atoms with Crippen molar-refractivity contribution >= 4 is 23.3 Å². The zero-order valence-corrected chi connectivity index (χ0v) is 10.1. The summed E-state index contributed by atoms with van der Waals surface area (Å²) in [5.41, 5.74) is 11.8. The molecule has 6 heteroatoms. The molecular weight excluding hydrogens is 232 g/mol. The lowest BCUT2D eigenvalue weighted by atomic mass is 10.2. The molecule has 1 aromatic carbocycles. The van der Waals surface area contributed by atoms with Gasteiger partial charge in [0.25, 0.3) is 0 Å². The van der Waals surface area contributed by atoms with Gasteiger partial charge in [0.1, 0.15) is 0 Å². The van der Waals surface area contributed by atoms with Gasteiger partial charge in [-0.3, -0.25) is 4.79 Å². The molecule has 0 aliphatic heterocycles. The number of benzene rings is 1. The number of nitrogens with two attached hydrogens (primary N) is 2. The Morgan fingerprint density at radius 3 is 2.67 bits per heavy atom. The summed E-state index contributed by atoms with van der Waals surface area (Å²) in [6.45, 7) is 0.501. The van der Waals surface area contributed by atoms with Crippen molar-refractivity contribution in [3.05, 3.63) is 24.3 Å². The zero-order chi connectivity index (χ0) is 13.4. The number of nitrogens with one attached hydrogen (secondary N) is 2. The van der Waals surface area contributed by atoms with Gasteiger partial charge in [-0.2, -0.15) is 0 Å². The molecule has 0 aromatic heterocycles. The monoisotopic (exact) mass is 250 g/mol. The van der Waals surface area contributed by atoms with Crippen LogP contribution in [0.25, 0.3) is 0 Å². The molecule has 0 saturated carbocycles. The van der Waals surface area contributed by atoms with Gasteiger partial charge in [-0.1, -0.05) is 6.07 Å². The average molecular weight is 250 g/mol. The molecule has 1 aromatic rings. The lowest BCUT2D eigenvalue weighted by molar-refractivity contribution is -0.118. The van der Waals surface area contributed by atoms with E-state index in [-0.39, 0.29) is 11.9 Å². The molecule has 0 radical (unpaired) electrons. The van der Waals surface area contributed by atoms with Crippen LogP contribution in [-0.2, 0) is 4.79 Å². The highest BCUT2D eigenvalue weighted by Gasteiger charge is 2.01. The molecular formula is C12H18N4O2. The van der Waals surface area contributed by atoms with Gasteiger partial charge in [0, 0.05) is 24.3 Å². The first-order valence-electron chi connectivity index (χ1n) is 5.76. The van der Waals surface area contributed by atoms with Crippen molar-refractivity contribution in [2.75, 3.05) is 17.6 Å². The Labute approximate surface area is 106 Å². The number of hydrogen-bond acceptors (Lipinski definition) is 3. The third-order valence-corrected chi connectivity index (χ3v) is 2.28. The molecule has 3 amide bonds. The Morgan fingerprint density at radius 2 is 2.00 bits per heavy atom. The number of unbranched alkanes of at least 4 members (excludes halogenated alkanes) is 1. The quantitative estimate of drug-likeness (QED) is 0.447. The lowest BCUT2D eigenvalue weighted by Crippen LogP contribution is -2.29. The van der Waals surface area contributed by atoms with Crippen LogP contribution >= 0.6 is 0 Å². The van der Waals surface area contributed by atoms with E-state index < -0.39 is 0 Å². The van der Waals surface area contributed by atoms with Crippen LogP contribution in [0.2, 0.25) is 0 Å². The first-order chi connectivity index (χ1) is 8.58. The van der Waals surface area contributed by atoms with E-state index in [1.807, 2.05) is 0 Å². The van der Waals surface area contributed by atoms with Gasteiger partial charge in [0.2, 0.25) is 5.91 Å².